The van der Waals surface area contributed by atoms with E-state index in [2.05, 4.69) is 46.9 Å². The number of benzene rings is 1. The van der Waals surface area contributed by atoms with Crippen molar-refractivity contribution in [3.63, 3.8) is 0 Å². The number of hydrogen-bond donors (Lipinski definition) is 1. The van der Waals surface area contributed by atoms with Gasteiger partial charge in [0.25, 0.3) is 0 Å². The van der Waals surface area contributed by atoms with Gasteiger partial charge in [-0.05, 0) is 57.2 Å². The van der Waals surface area contributed by atoms with Gasteiger partial charge in [-0.3, -0.25) is 4.90 Å². The molecule has 1 aromatic rings. The van der Waals surface area contributed by atoms with Crippen LogP contribution < -0.4 is 5.32 Å². The van der Waals surface area contributed by atoms with Gasteiger partial charge in [-0.2, -0.15) is 0 Å². The van der Waals surface area contributed by atoms with Crippen LogP contribution in [0.2, 0.25) is 0 Å². The first-order chi connectivity index (χ1) is 9.80. The van der Waals surface area contributed by atoms with Crippen molar-refractivity contribution >= 4 is 15.9 Å². The summed E-state index contributed by atoms with van der Waals surface area (Å²) >= 11 is 3.51. The van der Waals surface area contributed by atoms with Crippen LogP contribution in [-0.2, 0) is 6.54 Å². The predicted octanol–water partition coefficient (Wildman–Crippen LogP) is 3.94. The van der Waals surface area contributed by atoms with Gasteiger partial charge in [0.2, 0.25) is 0 Å². The summed E-state index contributed by atoms with van der Waals surface area (Å²) in [6.07, 6.45) is 2.67. The van der Waals surface area contributed by atoms with Crippen molar-refractivity contribution in [2.45, 2.75) is 51.2 Å². The molecular formula is C17H24BrFN2. The zero-order valence-corrected chi connectivity index (χ0v) is 14.6. The van der Waals surface area contributed by atoms with Crippen molar-refractivity contribution in [2.75, 3.05) is 13.1 Å². The largest absolute Gasteiger partial charge is 0.309 e. The Bertz CT molecular complexity index is 542. The minimum atomic E-state index is -0.184. The quantitative estimate of drug-likeness (QED) is 0.884. The van der Waals surface area contributed by atoms with Crippen LogP contribution in [0.15, 0.2) is 22.7 Å². The molecule has 0 bridgehead atoms. The summed E-state index contributed by atoms with van der Waals surface area (Å²) in [4.78, 5) is 2.60. The van der Waals surface area contributed by atoms with E-state index in [0.29, 0.717) is 0 Å². The maximum absolute atomic E-state index is 13.3. The molecule has 0 aromatic heterocycles. The Hall–Kier alpha value is -0.450. The van der Waals surface area contributed by atoms with Crippen molar-refractivity contribution < 1.29 is 4.39 Å². The van der Waals surface area contributed by atoms with Crippen molar-refractivity contribution in [1.82, 2.24) is 10.2 Å². The fourth-order valence-electron chi connectivity index (χ4n) is 3.44. The van der Waals surface area contributed by atoms with Crippen LogP contribution in [0.4, 0.5) is 4.39 Å². The number of rotatable bonds is 3. The average molecular weight is 355 g/mol. The van der Waals surface area contributed by atoms with E-state index in [-0.39, 0.29) is 16.9 Å². The number of halogens is 2. The molecule has 4 heteroatoms. The second-order valence-electron chi connectivity index (χ2n) is 7.46. The summed E-state index contributed by atoms with van der Waals surface area (Å²) in [5.74, 6) is 0.608. The van der Waals surface area contributed by atoms with E-state index in [0.717, 1.165) is 30.0 Å². The maximum Gasteiger partial charge on any atom is 0.124 e. The van der Waals surface area contributed by atoms with Crippen molar-refractivity contribution in [2.24, 2.45) is 5.92 Å². The molecular weight excluding hydrogens is 331 g/mol. The summed E-state index contributed by atoms with van der Waals surface area (Å²) in [5, 5.41) is 3.70. The van der Waals surface area contributed by atoms with Crippen LogP contribution in [0.5, 0.6) is 0 Å². The van der Waals surface area contributed by atoms with Crippen LogP contribution >= 0.6 is 15.9 Å². The van der Waals surface area contributed by atoms with Gasteiger partial charge in [-0.1, -0.05) is 22.0 Å². The lowest BCUT2D eigenvalue weighted by atomic mass is 9.85. The Balaban J connectivity index is 1.85. The third-order valence-corrected chi connectivity index (χ3v) is 5.80. The highest BCUT2D eigenvalue weighted by atomic mass is 79.9. The maximum atomic E-state index is 13.3. The number of nitrogens with zero attached hydrogens (tertiary/aromatic N) is 1. The highest BCUT2D eigenvalue weighted by Gasteiger charge is 2.49. The van der Waals surface area contributed by atoms with Gasteiger partial charge in [-0.25, -0.2) is 4.39 Å². The molecule has 0 amide bonds. The van der Waals surface area contributed by atoms with Crippen molar-refractivity contribution in [1.29, 1.82) is 0 Å². The minimum Gasteiger partial charge on any atom is -0.309 e. The molecule has 1 atom stereocenters. The van der Waals surface area contributed by atoms with Gasteiger partial charge in [-0.15, -0.1) is 0 Å². The summed E-state index contributed by atoms with van der Waals surface area (Å²) in [6.45, 7) is 9.81. The topological polar surface area (TPSA) is 15.3 Å². The summed E-state index contributed by atoms with van der Waals surface area (Å²) in [6, 6.07) is 5.03. The average Bonchev–Trinajstić information content (AvgIpc) is 3.22. The Morgan fingerprint density at radius 3 is 2.67 bits per heavy atom. The first-order valence-electron chi connectivity index (χ1n) is 7.74. The van der Waals surface area contributed by atoms with E-state index < -0.39 is 0 Å². The molecule has 2 fully saturated rings. The highest BCUT2D eigenvalue weighted by molar-refractivity contribution is 9.10. The number of nitrogens with one attached hydrogen (secondary N) is 1. The molecule has 1 saturated carbocycles. The molecule has 1 heterocycles. The van der Waals surface area contributed by atoms with Crippen LogP contribution in [-0.4, -0.2) is 29.1 Å². The summed E-state index contributed by atoms with van der Waals surface area (Å²) in [5.41, 5.74) is 1.51. The van der Waals surface area contributed by atoms with Gasteiger partial charge < -0.3 is 5.32 Å². The first-order valence-corrected chi connectivity index (χ1v) is 8.53. The predicted molar refractivity (Wildman–Crippen MR) is 87.7 cm³/mol. The molecule has 2 aliphatic rings. The molecule has 1 unspecified atom stereocenters. The van der Waals surface area contributed by atoms with Gasteiger partial charge in [0.05, 0.1) is 0 Å². The van der Waals surface area contributed by atoms with Crippen LogP contribution in [0.25, 0.3) is 0 Å². The Kier molecular flexibility index (Phi) is 3.92. The molecule has 21 heavy (non-hydrogen) atoms. The highest BCUT2D eigenvalue weighted by Crippen LogP contribution is 2.45. The van der Waals surface area contributed by atoms with Gasteiger partial charge >= 0.3 is 0 Å². The number of hydrogen-bond acceptors (Lipinski definition) is 2. The third kappa shape index (κ3) is 3.17. The van der Waals surface area contributed by atoms with Gasteiger partial charge in [0.1, 0.15) is 5.82 Å². The monoisotopic (exact) mass is 354 g/mol. The molecule has 1 aromatic carbocycles. The Morgan fingerprint density at radius 1 is 1.33 bits per heavy atom. The first kappa shape index (κ1) is 15.4. The Morgan fingerprint density at radius 2 is 2.05 bits per heavy atom. The lowest BCUT2D eigenvalue weighted by molar-refractivity contribution is 0.00504. The molecule has 0 radical (unpaired) electrons. The molecule has 116 valence electrons. The second kappa shape index (κ2) is 5.32. The third-order valence-electron chi connectivity index (χ3n) is 5.07. The van der Waals surface area contributed by atoms with E-state index in [9.17, 15) is 4.39 Å². The fourth-order valence-corrected chi connectivity index (χ4v) is 3.92. The molecule has 1 aliphatic heterocycles. The molecule has 1 N–H and O–H groups in total. The molecule has 3 rings (SSSR count). The fraction of sp³-hybridized carbons (Fsp3) is 0.647. The molecule has 0 spiro atoms. The molecule has 2 nitrogen and oxygen atoms in total. The lowest BCUT2D eigenvalue weighted by Crippen LogP contribution is -2.67. The van der Waals surface area contributed by atoms with E-state index in [1.165, 1.54) is 18.4 Å². The molecule has 1 saturated heterocycles. The number of piperazine rings is 1. The lowest BCUT2D eigenvalue weighted by Gasteiger charge is -2.52. The standard InChI is InChI=1S/C17H24BrFN2/c1-16(2)11-21(17(3,10-20-16)13-5-6-13)9-12-4-7-14(19)8-15(12)18/h4,7-8,13,20H,5-6,9-11H2,1-3H3. The van der Waals surface area contributed by atoms with E-state index >= 15 is 0 Å². The normalized spacial score (nSPS) is 29.6. The van der Waals surface area contributed by atoms with Crippen LogP contribution in [0.1, 0.15) is 39.2 Å². The zero-order valence-electron chi connectivity index (χ0n) is 13.0. The van der Waals surface area contributed by atoms with Gasteiger partial charge in [0, 0.05) is 35.2 Å². The van der Waals surface area contributed by atoms with E-state index in [4.69, 9.17) is 0 Å². The second-order valence-corrected chi connectivity index (χ2v) is 8.32. The smallest absolute Gasteiger partial charge is 0.124 e. The zero-order chi connectivity index (χ0) is 15.3. The van der Waals surface area contributed by atoms with Gasteiger partial charge in [0.15, 0.2) is 0 Å². The van der Waals surface area contributed by atoms with E-state index in [1.54, 1.807) is 12.1 Å². The minimum absolute atomic E-state index is 0.126. The summed E-state index contributed by atoms with van der Waals surface area (Å²) in [7, 11) is 0. The van der Waals surface area contributed by atoms with E-state index in [1.807, 2.05) is 6.07 Å². The Labute approximate surface area is 135 Å². The van der Waals surface area contributed by atoms with Crippen molar-refractivity contribution in [3.05, 3.63) is 34.1 Å². The summed E-state index contributed by atoms with van der Waals surface area (Å²) < 4.78 is 14.2. The van der Waals surface area contributed by atoms with Crippen LogP contribution in [0, 0.1) is 11.7 Å². The molecule has 1 aliphatic carbocycles. The SMILES string of the molecule is CC1(C)CN(Cc2ccc(F)cc2Br)C(C)(C2CC2)CN1. The van der Waals surface area contributed by atoms with Crippen LogP contribution in [0.3, 0.4) is 0 Å². The van der Waals surface area contributed by atoms with Crippen molar-refractivity contribution in [3.8, 4) is 0 Å².